The van der Waals surface area contributed by atoms with Gasteiger partial charge in [0, 0.05) is 19.3 Å². The van der Waals surface area contributed by atoms with Gasteiger partial charge in [0.2, 0.25) is 0 Å². The van der Waals surface area contributed by atoms with Gasteiger partial charge in [-0.2, -0.15) is 0 Å². The van der Waals surface area contributed by atoms with Crippen molar-refractivity contribution in [2.45, 2.75) is 13.1 Å². The summed E-state index contributed by atoms with van der Waals surface area (Å²) < 4.78 is 14.9. The van der Waals surface area contributed by atoms with Gasteiger partial charge < -0.3 is 5.32 Å². The molecule has 17 heavy (non-hydrogen) atoms. The molecule has 0 bridgehead atoms. The maximum absolute atomic E-state index is 13.1. The summed E-state index contributed by atoms with van der Waals surface area (Å²) in [5.74, 6) is -0.387. The van der Waals surface area contributed by atoms with Gasteiger partial charge in [-0.15, -0.1) is 5.10 Å². The van der Waals surface area contributed by atoms with E-state index in [1.165, 1.54) is 6.07 Å². The Balaban J connectivity index is 1.76. The number of nitrogens with one attached hydrogen (secondary N) is 1. The molecule has 0 spiro atoms. The molecule has 90 valence electrons. The Kier molecular flexibility index (Phi) is 4.06. The van der Waals surface area contributed by atoms with Crippen LogP contribution in [-0.2, 0) is 13.1 Å². The van der Waals surface area contributed by atoms with Gasteiger partial charge in [-0.25, -0.2) is 4.39 Å². The van der Waals surface area contributed by atoms with E-state index in [4.69, 9.17) is 11.6 Å². The highest BCUT2D eigenvalue weighted by molar-refractivity contribution is 6.30. The lowest BCUT2D eigenvalue weighted by molar-refractivity contribution is 0.539. The van der Waals surface area contributed by atoms with E-state index in [1.54, 1.807) is 29.2 Å². The fourth-order valence-corrected chi connectivity index (χ4v) is 1.55. The third-order valence-electron chi connectivity index (χ3n) is 2.30. The Bertz CT molecular complexity index is 472. The van der Waals surface area contributed by atoms with E-state index in [9.17, 15) is 4.39 Å². The number of halogens is 2. The molecule has 1 N–H and O–H groups in total. The SMILES string of the molecule is Fc1cc(CNCCn2ccnn2)ccc1Cl. The first-order valence-electron chi connectivity index (χ1n) is 5.24. The molecule has 0 aliphatic carbocycles. The molecule has 4 nitrogen and oxygen atoms in total. The molecule has 0 amide bonds. The summed E-state index contributed by atoms with van der Waals surface area (Å²) in [5.41, 5.74) is 0.866. The first-order chi connectivity index (χ1) is 8.25. The highest BCUT2D eigenvalue weighted by Gasteiger charge is 2.00. The number of hydrogen-bond acceptors (Lipinski definition) is 3. The Labute approximate surface area is 103 Å². The van der Waals surface area contributed by atoms with E-state index in [0.717, 1.165) is 18.7 Å². The van der Waals surface area contributed by atoms with Crippen LogP contribution in [0, 0.1) is 5.82 Å². The molecule has 6 heteroatoms. The van der Waals surface area contributed by atoms with Crippen LogP contribution in [0.1, 0.15) is 5.56 Å². The van der Waals surface area contributed by atoms with Crippen molar-refractivity contribution < 1.29 is 4.39 Å². The molecule has 0 aliphatic rings. The highest BCUT2D eigenvalue weighted by Crippen LogP contribution is 2.15. The van der Waals surface area contributed by atoms with Crippen LogP contribution >= 0.6 is 11.6 Å². The Morgan fingerprint density at radius 2 is 2.29 bits per heavy atom. The van der Waals surface area contributed by atoms with Crippen molar-refractivity contribution in [3.63, 3.8) is 0 Å². The molecule has 0 fully saturated rings. The highest BCUT2D eigenvalue weighted by atomic mass is 35.5. The second-order valence-corrected chi connectivity index (χ2v) is 4.00. The van der Waals surface area contributed by atoms with Crippen molar-refractivity contribution in [2.24, 2.45) is 0 Å². The van der Waals surface area contributed by atoms with Crippen molar-refractivity contribution in [3.05, 3.63) is 47.0 Å². The van der Waals surface area contributed by atoms with Crippen LogP contribution in [0.25, 0.3) is 0 Å². The van der Waals surface area contributed by atoms with Gasteiger partial charge in [0.05, 0.1) is 17.8 Å². The van der Waals surface area contributed by atoms with Gasteiger partial charge in [0.15, 0.2) is 0 Å². The molecule has 1 aromatic heterocycles. The predicted molar refractivity (Wildman–Crippen MR) is 63.1 cm³/mol. The Hall–Kier alpha value is -1.46. The van der Waals surface area contributed by atoms with Crippen molar-refractivity contribution in [2.75, 3.05) is 6.54 Å². The average Bonchev–Trinajstić information content (AvgIpc) is 2.82. The normalized spacial score (nSPS) is 10.7. The number of aromatic nitrogens is 3. The summed E-state index contributed by atoms with van der Waals surface area (Å²) in [5, 5.41) is 10.9. The van der Waals surface area contributed by atoms with E-state index in [2.05, 4.69) is 15.6 Å². The van der Waals surface area contributed by atoms with Crippen molar-refractivity contribution in [3.8, 4) is 0 Å². The standard InChI is InChI=1S/C11H12ClFN4/c12-10-2-1-9(7-11(10)13)8-14-3-5-17-6-4-15-16-17/h1-2,4,6-7,14H,3,5,8H2. The number of nitrogens with zero attached hydrogens (tertiary/aromatic N) is 3. The van der Waals surface area contributed by atoms with Crippen molar-refractivity contribution in [1.82, 2.24) is 20.3 Å². The fraction of sp³-hybridized carbons (Fsp3) is 0.273. The lowest BCUT2D eigenvalue weighted by Gasteiger charge is -2.05. The van der Waals surface area contributed by atoms with E-state index in [1.807, 2.05) is 0 Å². The summed E-state index contributed by atoms with van der Waals surface area (Å²) in [6.45, 7) is 2.08. The van der Waals surface area contributed by atoms with E-state index in [-0.39, 0.29) is 10.8 Å². The van der Waals surface area contributed by atoms with Crippen LogP contribution in [0.4, 0.5) is 4.39 Å². The van der Waals surface area contributed by atoms with Gasteiger partial charge in [-0.3, -0.25) is 4.68 Å². The van der Waals surface area contributed by atoms with Crippen LogP contribution in [0.2, 0.25) is 5.02 Å². The van der Waals surface area contributed by atoms with Gasteiger partial charge in [0.25, 0.3) is 0 Å². The minimum absolute atomic E-state index is 0.149. The summed E-state index contributed by atoms with van der Waals surface area (Å²) in [4.78, 5) is 0. The average molecular weight is 255 g/mol. The zero-order valence-electron chi connectivity index (χ0n) is 9.11. The lowest BCUT2D eigenvalue weighted by Crippen LogP contribution is -2.19. The zero-order valence-corrected chi connectivity index (χ0v) is 9.86. The third-order valence-corrected chi connectivity index (χ3v) is 2.61. The maximum Gasteiger partial charge on any atom is 0.142 e. The Morgan fingerprint density at radius 3 is 3.00 bits per heavy atom. The smallest absolute Gasteiger partial charge is 0.142 e. The van der Waals surface area contributed by atoms with E-state index >= 15 is 0 Å². The zero-order chi connectivity index (χ0) is 12.1. The summed E-state index contributed by atoms with van der Waals surface area (Å²) in [6.07, 6.45) is 3.43. The minimum Gasteiger partial charge on any atom is -0.311 e. The van der Waals surface area contributed by atoms with E-state index in [0.29, 0.717) is 6.54 Å². The molecule has 0 atom stereocenters. The molecule has 0 aliphatic heterocycles. The molecule has 2 rings (SSSR count). The fourth-order valence-electron chi connectivity index (χ4n) is 1.43. The second kappa shape index (κ2) is 5.75. The number of rotatable bonds is 5. The molecule has 2 aromatic rings. The van der Waals surface area contributed by atoms with Crippen LogP contribution in [-0.4, -0.2) is 21.5 Å². The molecular weight excluding hydrogens is 243 g/mol. The van der Waals surface area contributed by atoms with Gasteiger partial charge in [-0.1, -0.05) is 22.9 Å². The first kappa shape index (κ1) is 12.0. The van der Waals surface area contributed by atoms with Crippen LogP contribution in [0.15, 0.2) is 30.6 Å². The number of hydrogen-bond donors (Lipinski definition) is 1. The van der Waals surface area contributed by atoms with Gasteiger partial charge in [0.1, 0.15) is 5.82 Å². The first-order valence-corrected chi connectivity index (χ1v) is 5.62. The summed E-state index contributed by atoms with van der Waals surface area (Å²) in [6, 6.07) is 4.80. The molecule has 1 aromatic carbocycles. The molecular formula is C11H12ClFN4. The second-order valence-electron chi connectivity index (χ2n) is 3.59. The number of benzene rings is 1. The maximum atomic E-state index is 13.1. The largest absolute Gasteiger partial charge is 0.311 e. The quantitative estimate of drug-likeness (QED) is 0.829. The summed E-state index contributed by atoms with van der Waals surface area (Å²) in [7, 11) is 0. The molecule has 0 saturated carbocycles. The predicted octanol–water partition coefficient (Wildman–Crippen LogP) is 1.86. The van der Waals surface area contributed by atoms with Gasteiger partial charge in [-0.05, 0) is 17.7 Å². The van der Waals surface area contributed by atoms with Crippen molar-refractivity contribution in [1.29, 1.82) is 0 Å². The molecule has 0 radical (unpaired) electrons. The molecule has 0 saturated heterocycles. The van der Waals surface area contributed by atoms with Crippen molar-refractivity contribution >= 4 is 11.6 Å². The van der Waals surface area contributed by atoms with Crippen LogP contribution < -0.4 is 5.32 Å². The minimum atomic E-state index is -0.387. The Morgan fingerprint density at radius 1 is 1.41 bits per heavy atom. The van der Waals surface area contributed by atoms with Gasteiger partial charge >= 0.3 is 0 Å². The lowest BCUT2D eigenvalue weighted by atomic mass is 10.2. The van der Waals surface area contributed by atoms with Crippen LogP contribution in [0.5, 0.6) is 0 Å². The molecule has 0 unspecified atom stereocenters. The monoisotopic (exact) mass is 254 g/mol. The van der Waals surface area contributed by atoms with E-state index < -0.39 is 0 Å². The topological polar surface area (TPSA) is 42.7 Å². The third kappa shape index (κ3) is 3.51. The van der Waals surface area contributed by atoms with Crippen LogP contribution in [0.3, 0.4) is 0 Å². The molecule has 1 heterocycles. The summed E-state index contributed by atoms with van der Waals surface area (Å²) >= 11 is 5.60.